The van der Waals surface area contributed by atoms with Crippen LogP contribution in [-0.4, -0.2) is 11.1 Å². The van der Waals surface area contributed by atoms with Crippen LogP contribution in [0, 0.1) is 11.3 Å². The van der Waals surface area contributed by atoms with E-state index in [0.717, 1.165) is 51.4 Å². The summed E-state index contributed by atoms with van der Waals surface area (Å²) in [5, 5.41) is 9.59. The van der Waals surface area contributed by atoms with Gasteiger partial charge in [0.15, 0.2) is 0 Å². The molecule has 2 atom stereocenters. The fourth-order valence-electron chi connectivity index (χ4n) is 3.55. The zero-order valence-electron chi connectivity index (χ0n) is 12.5. The summed E-state index contributed by atoms with van der Waals surface area (Å²) in [6.07, 6.45) is 8.03. The molecule has 0 spiro atoms. The van der Waals surface area contributed by atoms with Crippen molar-refractivity contribution in [3.05, 3.63) is 35.9 Å². The minimum atomic E-state index is -0.562. The molecule has 0 aromatic heterocycles. The maximum Gasteiger partial charge on any atom is 0.309 e. The number of hydrogen-bond donors (Lipinski definition) is 1. The predicted molar refractivity (Wildman–Crippen MR) is 81.7 cm³/mol. The average molecular weight is 274 g/mol. The summed E-state index contributed by atoms with van der Waals surface area (Å²) in [4.78, 5) is 11.6. The summed E-state index contributed by atoms with van der Waals surface area (Å²) in [5.41, 5.74) is 0.937. The second kappa shape index (κ2) is 6.92. The van der Waals surface area contributed by atoms with Crippen molar-refractivity contribution in [2.45, 2.75) is 58.3 Å². The highest BCUT2D eigenvalue weighted by Crippen LogP contribution is 2.46. The SMILES string of the molecule is CCC1CCC(CCCCc2ccccc2)(C(=O)O)C1. The number of aliphatic carboxylic acids is 1. The number of benzene rings is 1. The van der Waals surface area contributed by atoms with Gasteiger partial charge in [-0.2, -0.15) is 0 Å². The Kier molecular flexibility index (Phi) is 5.22. The van der Waals surface area contributed by atoms with Crippen LogP contribution in [0.1, 0.15) is 57.4 Å². The van der Waals surface area contributed by atoms with Gasteiger partial charge in [-0.1, -0.05) is 50.1 Å². The van der Waals surface area contributed by atoms with Crippen LogP contribution in [0.3, 0.4) is 0 Å². The second-order valence-electron chi connectivity index (χ2n) is 6.30. The molecule has 2 nitrogen and oxygen atoms in total. The van der Waals surface area contributed by atoms with Crippen LogP contribution < -0.4 is 0 Å². The Hall–Kier alpha value is -1.31. The molecule has 0 heterocycles. The van der Waals surface area contributed by atoms with E-state index in [1.807, 2.05) is 6.07 Å². The van der Waals surface area contributed by atoms with Crippen LogP contribution in [0.5, 0.6) is 0 Å². The van der Waals surface area contributed by atoms with Crippen molar-refractivity contribution in [3.8, 4) is 0 Å². The van der Waals surface area contributed by atoms with Crippen molar-refractivity contribution in [1.29, 1.82) is 0 Å². The molecule has 0 bridgehead atoms. The van der Waals surface area contributed by atoms with Crippen molar-refractivity contribution in [1.82, 2.24) is 0 Å². The number of hydrogen-bond acceptors (Lipinski definition) is 1. The van der Waals surface area contributed by atoms with Crippen molar-refractivity contribution in [2.75, 3.05) is 0 Å². The molecule has 1 aliphatic rings. The molecule has 1 aliphatic carbocycles. The largest absolute Gasteiger partial charge is 0.481 e. The first-order valence-corrected chi connectivity index (χ1v) is 7.93. The van der Waals surface area contributed by atoms with Gasteiger partial charge < -0.3 is 5.11 Å². The Morgan fingerprint density at radius 2 is 2.05 bits per heavy atom. The lowest BCUT2D eigenvalue weighted by Crippen LogP contribution is -2.28. The highest BCUT2D eigenvalue weighted by atomic mass is 16.4. The summed E-state index contributed by atoms with van der Waals surface area (Å²) in [6.45, 7) is 2.18. The number of carbonyl (C=O) groups is 1. The van der Waals surface area contributed by atoms with Gasteiger partial charge in [-0.3, -0.25) is 4.79 Å². The van der Waals surface area contributed by atoms with Gasteiger partial charge in [-0.25, -0.2) is 0 Å². The zero-order chi connectivity index (χ0) is 14.4. The first-order valence-electron chi connectivity index (χ1n) is 7.93. The average Bonchev–Trinajstić information content (AvgIpc) is 2.90. The van der Waals surface area contributed by atoms with E-state index in [9.17, 15) is 9.90 Å². The van der Waals surface area contributed by atoms with Gasteiger partial charge >= 0.3 is 5.97 Å². The summed E-state index contributed by atoms with van der Waals surface area (Å²) in [6, 6.07) is 10.5. The van der Waals surface area contributed by atoms with Crippen molar-refractivity contribution in [2.24, 2.45) is 11.3 Å². The van der Waals surface area contributed by atoms with Crippen molar-refractivity contribution in [3.63, 3.8) is 0 Å². The topological polar surface area (TPSA) is 37.3 Å². The van der Waals surface area contributed by atoms with Gasteiger partial charge in [-0.05, 0) is 50.0 Å². The van der Waals surface area contributed by atoms with E-state index in [4.69, 9.17) is 0 Å². The molecule has 1 fully saturated rings. The van der Waals surface area contributed by atoms with Crippen molar-refractivity contribution >= 4 is 5.97 Å². The standard InChI is InChI=1S/C18H26O2/c1-2-15-11-13-18(14-15,17(19)20)12-7-6-10-16-8-4-3-5-9-16/h3-5,8-9,15H,2,6-7,10-14H2,1H3,(H,19,20). The maximum atomic E-state index is 11.6. The highest BCUT2D eigenvalue weighted by molar-refractivity contribution is 5.75. The molecule has 1 N–H and O–H groups in total. The van der Waals surface area contributed by atoms with E-state index in [2.05, 4.69) is 31.2 Å². The third-order valence-corrected chi connectivity index (χ3v) is 4.96. The van der Waals surface area contributed by atoms with Gasteiger partial charge in [0.1, 0.15) is 0 Å². The molecular weight excluding hydrogens is 248 g/mol. The Bertz CT molecular complexity index is 426. The number of unbranched alkanes of at least 4 members (excludes halogenated alkanes) is 1. The van der Waals surface area contributed by atoms with E-state index in [1.165, 1.54) is 5.56 Å². The lowest BCUT2D eigenvalue weighted by molar-refractivity contribution is -0.149. The Morgan fingerprint density at radius 3 is 2.65 bits per heavy atom. The van der Waals surface area contributed by atoms with Gasteiger partial charge in [-0.15, -0.1) is 0 Å². The molecule has 0 saturated heterocycles. The monoisotopic (exact) mass is 274 g/mol. The maximum absolute atomic E-state index is 11.6. The lowest BCUT2D eigenvalue weighted by Gasteiger charge is -2.24. The fourth-order valence-corrected chi connectivity index (χ4v) is 3.55. The summed E-state index contributed by atoms with van der Waals surface area (Å²) >= 11 is 0. The van der Waals surface area contributed by atoms with Gasteiger partial charge in [0.05, 0.1) is 5.41 Å². The Labute approximate surface area is 122 Å². The highest BCUT2D eigenvalue weighted by Gasteiger charge is 2.44. The third kappa shape index (κ3) is 3.62. The molecule has 2 heteroatoms. The Balaban J connectivity index is 1.80. The molecule has 2 unspecified atom stereocenters. The molecular formula is C18H26O2. The number of rotatable bonds is 7. The molecule has 2 rings (SSSR count). The van der Waals surface area contributed by atoms with E-state index in [1.54, 1.807) is 0 Å². The van der Waals surface area contributed by atoms with Crippen LogP contribution in [-0.2, 0) is 11.2 Å². The second-order valence-corrected chi connectivity index (χ2v) is 6.30. The number of carboxylic acid groups (broad SMARTS) is 1. The first-order chi connectivity index (χ1) is 9.66. The van der Waals surface area contributed by atoms with Crippen LogP contribution in [0.15, 0.2) is 30.3 Å². The summed E-state index contributed by atoms with van der Waals surface area (Å²) in [5.74, 6) is 0.0633. The van der Waals surface area contributed by atoms with E-state index in [0.29, 0.717) is 5.92 Å². The van der Waals surface area contributed by atoms with Crippen LogP contribution in [0.4, 0.5) is 0 Å². The minimum Gasteiger partial charge on any atom is -0.481 e. The van der Waals surface area contributed by atoms with Crippen molar-refractivity contribution < 1.29 is 9.90 Å². The number of carboxylic acids is 1. The van der Waals surface area contributed by atoms with Gasteiger partial charge in [0, 0.05) is 0 Å². The smallest absolute Gasteiger partial charge is 0.309 e. The normalized spacial score (nSPS) is 25.8. The van der Waals surface area contributed by atoms with E-state index >= 15 is 0 Å². The lowest BCUT2D eigenvalue weighted by atomic mass is 9.80. The fraction of sp³-hybridized carbons (Fsp3) is 0.611. The quantitative estimate of drug-likeness (QED) is 0.733. The summed E-state index contributed by atoms with van der Waals surface area (Å²) < 4.78 is 0. The molecule has 1 aromatic rings. The minimum absolute atomic E-state index is 0.419. The molecule has 1 saturated carbocycles. The molecule has 1 aromatic carbocycles. The van der Waals surface area contributed by atoms with Crippen LogP contribution >= 0.6 is 0 Å². The van der Waals surface area contributed by atoms with E-state index < -0.39 is 11.4 Å². The van der Waals surface area contributed by atoms with Gasteiger partial charge in [0.25, 0.3) is 0 Å². The van der Waals surface area contributed by atoms with Gasteiger partial charge in [0.2, 0.25) is 0 Å². The Morgan fingerprint density at radius 1 is 1.30 bits per heavy atom. The predicted octanol–water partition coefficient (Wildman–Crippen LogP) is 4.68. The molecule has 0 aliphatic heterocycles. The first kappa shape index (κ1) is 15.1. The molecule has 110 valence electrons. The third-order valence-electron chi connectivity index (χ3n) is 4.96. The number of aryl methyl sites for hydroxylation is 1. The molecule has 0 amide bonds. The molecule has 0 radical (unpaired) electrons. The van der Waals surface area contributed by atoms with Crippen LogP contribution in [0.2, 0.25) is 0 Å². The van der Waals surface area contributed by atoms with E-state index in [-0.39, 0.29) is 0 Å². The summed E-state index contributed by atoms with van der Waals surface area (Å²) in [7, 11) is 0. The van der Waals surface area contributed by atoms with Crippen LogP contribution in [0.25, 0.3) is 0 Å². The molecule has 20 heavy (non-hydrogen) atoms. The zero-order valence-corrected chi connectivity index (χ0v) is 12.5.